The van der Waals surface area contributed by atoms with Gasteiger partial charge in [-0.3, -0.25) is 8.98 Å². The van der Waals surface area contributed by atoms with Crippen LogP contribution in [0.2, 0.25) is 0 Å². The molecule has 0 bridgehead atoms. The lowest BCUT2D eigenvalue weighted by atomic mass is 9.90. The Labute approximate surface area is 122 Å². The second kappa shape index (κ2) is 5.99. The smallest absolute Gasteiger partial charge is 0.394 e. The van der Waals surface area contributed by atoms with Crippen molar-refractivity contribution in [2.75, 3.05) is 6.61 Å². The van der Waals surface area contributed by atoms with E-state index in [0.717, 1.165) is 0 Å². The van der Waals surface area contributed by atoms with Gasteiger partial charge in [-0.1, -0.05) is 0 Å². The minimum Gasteiger partial charge on any atom is -0.394 e. The van der Waals surface area contributed by atoms with E-state index in [2.05, 4.69) is 8.92 Å². The molecule has 0 aromatic rings. The highest BCUT2D eigenvalue weighted by molar-refractivity contribution is 7.87. The summed E-state index contributed by atoms with van der Waals surface area (Å²) in [6.45, 7) is -0.401. The first-order valence-corrected chi connectivity index (χ1v) is 7.06. The number of aliphatic hydroxyl groups excluding tert-OH is 3. The molecule has 1 aliphatic heterocycles. The van der Waals surface area contributed by atoms with Gasteiger partial charge in [0.05, 0.1) is 6.61 Å². The molecular weight excluding hydrogens is 341 g/mol. The summed E-state index contributed by atoms with van der Waals surface area (Å²) in [5, 5.41) is 38.0. The van der Waals surface area contributed by atoms with E-state index in [0.29, 0.717) is 6.92 Å². The summed E-state index contributed by atoms with van der Waals surface area (Å²) >= 11 is 0. The predicted octanol–water partition coefficient (Wildman–Crippen LogP) is -2.39. The minimum atomic E-state index is -6.31. The number of alkyl halides is 3. The lowest BCUT2D eigenvalue weighted by Gasteiger charge is -2.45. The number of hydrogen-bond acceptors (Lipinski definition) is 9. The predicted molar refractivity (Wildman–Crippen MR) is 59.5 cm³/mol. The van der Waals surface area contributed by atoms with Gasteiger partial charge in [0.15, 0.2) is 11.9 Å². The fourth-order valence-corrected chi connectivity index (χ4v) is 2.37. The van der Waals surface area contributed by atoms with Crippen LogP contribution in [0.4, 0.5) is 13.2 Å². The number of Topliss-reactive ketones (excluding diaryl/α,β-unsaturated/α-hetero) is 1. The molecule has 0 aliphatic carbocycles. The van der Waals surface area contributed by atoms with Crippen LogP contribution >= 0.6 is 0 Å². The number of rotatable bonds is 4. The van der Waals surface area contributed by atoms with Crippen LogP contribution in [0, 0.1) is 0 Å². The van der Waals surface area contributed by atoms with Gasteiger partial charge in [-0.05, 0) is 0 Å². The van der Waals surface area contributed by atoms with E-state index in [1.807, 2.05) is 0 Å². The van der Waals surface area contributed by atoms with Crippen molar-refractivity contribution in [2.24, 2.45) is 0 Å². The number of carbonyl (C=O) groups excluding carboxylic acids is 1. The molecule has 1 fully saturated rings. The van der Waals surface area contributed by atoms with Crippen molar-refractivity contribution in [3.63, 3.8) is 0 Å². The molecule has 130 valence electrons. The Morgan fingerprint density at radius 3 is 2.18 bits per heavy atom. The van der Waals surface area contributed by atoms with Crippen LogP contribution in [-0.4, -0.2) is 76.9 Å². The molecule has 1 heterocycles. The van der Waals surface area contributed by atoms with Crippen molar-refractivity contribution in [2.45, 2.75) is 42.6 Å². The molecule has 0 saturated carbocycles. The molecule has 4 N–H and O–H groups in total. The SMILES string of the molecule is CC(=O)[C@@]1(O)O[C@H](CO)[C@@H](O)[C@H](O)[C@@H]1OS(=O)(=O)C(F)(F)F. The van der Waals surface area contributed by atoms with Crippen molar-refractivity contribution in [3.05, 3.63) is 0 Å². The fourth-order valence-electron chi connectivity index (χ4n) is 1.74. The summed E-state index contributed by atoms with van der Waals surface area (Å²) in [5.74, 6) is -4.72. The third-order valence-electron chi connectivity index (χ3n) is 2.96. The van der Waals surface area contributed by atoms with Crippen molar-refractivity contribution in [1.82, 2.24) is 0 Å². The summed E-state index contributed by atoms with van der Waals surface area (Å²) in [6.07, 6.45) is -9.11. The van der Waals surface area contributed by atoms with E-state index < -0.39 is 58.2 Å². The number of aliphatic hydroxyl groups is 4. The first kappa shape index (κ1) is 19.2. The highest BCUT2D eigenvalue weighted by Gasteiger charge is 2.61. The van der Waals surface area contributed by atoms with Crippen molar-refractivity contribution in [3.8, 4) is 0 Å². The van der Waals surface area contributed by atoms with Crippen LogP contribution in [0.3, 0.4) is 0 Å². The molecule has 5 atom stereocenters. The fraction of sp³-hybridized carbons (Fsp3) is 0.889. The van der Waals surface area contributed by atoms with Gasteiger partial charge in [0.1, 0.15) is 18.3 Å². The second-order valence-electron chi connectivity index (χ2n) is 4.49. The third kappa shape index (κ3) is 3.24. The van der Waals surface area contributed by atoms with Crippen molar-refractivity contribution < 1.29 is 55.7 Å². The van der Waals surface area contributed by atoms with E-state index in [9.17, 15) is 41.7 Å². The van der Waals surface area contributed by atoms with Crippen molar-refractivity contribution >= 4 is 15.9 Å². The topological polar surface area (TPSA) is 151 Å². The standard InChI is InChI=1S/C9H13F3O9S/c1-3(14)8(17)7(21-22(18,19)9(10,11)12)6(16)5(15)4(2-13)20-8/h4-7,13,15-17H,2H2,1H3/t4-,5-,6+,7+,8-/m1/s1. The van der Waals surface area contributed by atoms with Gasteiger partial charge >= 0.3 is 15.6 Å². The summed E-state index contributed by atoms with van der Waals surface area (Å²) < 4.78 is 67.0. The number of ether oxygens (including phenoxy) is 1. The molecular formula is C9H13F3O9S. The zero-order valence-electron chi connectivity index (χ0n) is 10.9. The number of halogens is 3. The highest BCUT2D eigenvalue weighted by atomic mass is 32.2. The number of carbonyl (C=O) groups is 1. The zero-order chi connectivity index (χ0) is 17.5. The first-order chi connectivity index (χ1) is 9.78. The van der Waals surface area contributed by atoms with Gasteiger partial charge in [0, 0.05) is 6.92 Å². The van der Waals surface area contributed by atoms with Crippen LogP contribution in [0.25, 0.3) is 0 Å². The van der Waals surface area contributed by atoms with Gasteiger partial charge < -0.3 is 25.2 Å². The molecule has 0 aromatic heterocycles. The number of hydrogen-bond donors (Lipinski definition) is 4. The Bertz CT molecular complexity index is 533. The molecule has 1 saturated heterocycles. The summed E-state index contributed by atoms with van der Waals surface area (Å²) in [7, 11) is -6.31. The lowest BCUT2D eigenvalue weighted by Crippen LogP contribution is -2.69. The number of ketones is 1. The molecule has 0 unspecified atom stereocenters. The Morgan fingerprint density at radius 2 is 1.82 bits per heavy atom. The van der Waals surface area contributed by atoms with Gasteiger partial charge in [0.2, 0.25) is 0 Å². The second-order valence-corrected chi connectivity index (χ2v) is 6.05. The largest absolute Gasteiger partial charge is 0.523 e. The molecule has 13 heteroatoms. The summed E-state index contributed by atoms with van der Waals surface area (Å²) in [6, 6.07) is 0. The first-order valence-electron chi connectivity index (χ1n) is 5.65. The molecule has 22 heavy (non-hydrogen) atoms. The maximum atomic E-state index is 12.3. The van der Waals surface area contributed by atoms with Crippen LogP contribution in [0.5, 0.6) is 0 Å². The lowest BCUT2D eigenvalue weighted by molar-refractivity contribution is -0.325. The molecule has 0 radical (unpaired) electrons. The Balaban J connectivity index is 3.26. The van der Waals surface area contributed by atoms with E-state index in [1.54, 1.807) is 0 Å². The van der Waals surface area contributed by atoms with Gasteiger partial charge in [-0.15, -0.1) is 0 Å². The third-order valence-corrected chi connectivity index (χ3v) is 3.98. The maximum Gasteiger partial charge on any atom is 0.523 e. The van der Waals surface area contributed by atoms with Crippen LogP contribution in [0.15, 0.2) is 0 Å². The molecule has 1 aliphatic rings. The minimum absolute atomic E-state index is 0.620. The molecule has 0 amide bonds. The normalized spacial score (nSPS) is 37.1. The Morgan fingerprint density at radius 1 is 1.32 bits per heavy atom. The monoisotopic (exact) mass is 354 g/mol. The van der Waals surface area contributed by atoms with E-state index in [4.69, 9.17) is 5.11 Å². The zero-order valence-corrected chi connectivity index (χ0v) is 11.7. The van der Waals surface area contributed by atoms with E-state index in [-0.39, 0.29) is 0 Å². The average Bonchev–Trinajstić information content (AvgIpc) is 2.37. The van der Waals surface area contributed by atoms with Crippen molar-refractivity contribution in [1.29, 1.82) is 0 Å². The Kier molecular flexibility index (Phi) is 5.23. The van der Waals surface area contributed by atoms with Crippen LogP contribution in [-0.2, 0) is 23.8 Å². The quantitative estimate of drug-likeness (QED) is 0.320. The van der Waals surface area contributed by atoms with Crippen LogP contribution < -0.4 is 0 Å². The van der Waals surface area contributed by atoms with E-state index >= 15 is 0 Å². The maximum absolute atomic E-state index is 12.3. The van der Waals surface area contributed by atoms with Gasteiger partial charge in [-0.2, -0.15) is 21.6 Å². The van der Waals surface area contributed by atoms with Crippen LogP contribution in [0.1, 0.15) is 6.92 Å². The Hall–Kier alpha value is -0.830. The highest BCUT2D eigenvalue weighted by Crippen LogP contribution is 2.35. The summed E-state index contributed by atoms with van der Waals surface area (Å²) in [4.78, 5) is 11.4. The van der Waals surface area contributed by atoms with E-state index in [1.165, 1.54) is 0 Å². The van der Waals surface area contributed by atoms with Gasteiger partial charge in [-0.25, -0.2) is 0 Å². The summed E-state index contributed by atoms with van der Waals surface area (Å²) in [5.41, 5.74) is -5.90. The molecule has 9 nitrogen and oxygen atoms in total. The molecule has 1 rings (SSSR count). The molecule has 0 aromatic carbocycles. The average molecular weight is 354 g/mol. The molecule has 0 spiro atoms. The van der Waals surface area contributed by atoms with Gasteiger partial charge in [0.25, 0.3) is 5.79 Å².